The van der Waals surface area contributed by atoms with Gasteiger partial charge >= 0.3 is 0 Å². The van der Waals surface area contributed by atoms with Gasteiger partial charge in [0.05, 0.1) is 0 Å². The highest BCUT2D eigenvalue weighted by atomic mass is 19.1. The first-order valence-corrected chi connectivity index (χ1v) is 6.10. The first-order chi connectivity index (χ1) is 7.58. The molecule has 1 atom stereocenters. The van der Waals surface area contributed by atoms with Gasteiger partial charge in [0.2, 0.25) is 0 Å². The van der Waals surface area contributed by atoms with E-state index in [0.717, 1.165) is 24.9 Å². The number of hydrogen-bond acceptors (Lipinski definition) is 1. The normalized spacial score (nSPS) is 19.9. The average molecular weight is 221 g/mol. The van der Waals surface area contributed by atoms with Crippen molar-refractivity contribution < 1.29 is 4.39 Å². The Labute approximate surface area is 97.1 Å². The van der Waals surface area contributed by atoms with Crippen LogP contribution in [0.15, 0.2) is 12.1 Å². The van der Waals surface area contributed by atoms with Gasteiger partial charge in [-0.25, -0.2) is 4.39 Å². The summed E-state index contributed by atoms with van der Waals surface area (Å²) in [5.41, 5.74) is 3.63. The molecule has 1 aromatic rings. The van der Waals surface area contributed by atoms with E-state index in [1.165, 1.54) is 11.1 Å². The predicted octanol–water partition coefficient (Wildman–Crippen LogP) is 3.37. The fourth-order valence-corrected chi connectivity index (χ4v) is 2.61. The Morgan fingerprint density at radius 2 is 2.19 bits per heavy atom. The number of halogens is 1. The number of rotatable bonds is 2. The Kier molecular flexibility index (Phi) is 3.29. The van der Waals surface area contributed by atoms with E-state index in [1.54, 1.807) is 12.1 Å². The van der Waals surface area contributed by atoms with Crippen molar-refractivity contribution in [2.24, 2.45) is 5.92 Å². The smallest absolute Gasteiger partial charge is 0.123 e. The van der Waals surface area contributed by atoms with Crippen molar-refractivity contribution in [3.63, 3.8) is 0 Å². The summed E-state index contributed by atoms with van der Waals surface area (Å²) in [7, 11) is 0. The maximum Gasteiger partial charge on any atom is 0.123 e. The molecule has 2 rings (SSSR count). The largest absolute Gasteiger partial charge is 0.310 e. The molecule has 0 amide bonds. The first-order valence-electron chi connectivity index (χ1n) is 6.10. The van der Waals surface area contributed by atoms with Crippen LogP contribution in [0.1, 0.15) is 43.0 Å². The molecule has 16 heavy (non-hydrogen) atoms. The van der Waals surface area contributed by atoms with Crippen molar-refractivity contribution in [1.82, 2.24) is 5.32 Å². The van der Waals surface area contributed by atoms with Crippen LogP contribution in [-0.4, -0.2) is 6.54 Å². The predicted molar refractivity (Wildman–Crippen MR) is 65.0 cm³/mol. The molecule has 0 fully saturated rings. The van der Waals surface area contributed by atoms with E-state index >= 15 is 0 Å². The van der Waals surface area contributed by atoms with Crippen LogP contribution < -0.4 is 5.32 Å². The van der Waals surface area contributed by atoms with E-state index in [9.17, 15) is 4.39 Å². The van der Waals surface area contributed by atoms with Gasteiger partial charge in [0.15, 0.2) is 0 Å². The van der Waals surface area contributed by atoms with Gasteiger partial charge in [-0.2, -0.15) is 0 Å². The van der Waals surface area contributed by atoms with Crippen molar-refractivity contribution in [2.45, 2.75) is 39.7 Å². The second-order valence-corrected chi connectivity index (χ2v) is 5.18. The molecule has 0 bridgehead atoms. The highest BCUT2D eigenvalue weighted by Crippen LogP contribution is 2.30. The molecular weight excluding hydrogens is 201 g/mol. The van der Waals surface area contributed by atoms with Gasteiger partial charge in [-0.3, -0.25) is 0 Å². The van der Waals surface area contributed by atoms with Crippen LogP contribution in [0.4, 0.5) is 4.39 Å². The minimum absolute atomic E-state index is 0.103. The fourth-order valence-electron chi connectivity index (χ4n) is 2.61. The second kappa shape index (κ2) is 4.54. The van der Waals surface area contributed by atoms with Gasteiger partial charge in [0.25, 0.3) is 0 Å². The Morgan fingerprint density at radius 3 is 2.88 bits per heavy atom. The summed E-state index contributed by atoms with van der Waals surface area (Å²) in [5.74, 6) is 0.528. The standard InChI is InChI=1S/C14H20FN/c1-9(2)6-14-13-8-11(15)7-10(3)12(13)4-5-16-14/h7-9,14,16H,4-6H2,1-3H3. The third kappa shape index (κ3) is 2.27. The lowest BCUT2D eigenvalue weighted by Crippen LogP contribution is -2.31. The van der Waals surface area contributed by atoms with Crippen molar-refractivity contribution in [3.05, 3.63) is 34.6 Å². The second-order valence-electron chi connectivity index (χ2n) is 5.18. The summed E-state index contributed by atoms with van der Waals surface area (Å²) in [5, 5.41) is 3.49. The van der Waals surface area contributed by atoms with Gasteiger partial charge in [0.1, 0.15) is 5.82 Å². The van der Waals surface area contributed by atoms with Crippen LogP contribution in [0.5, 0.6) is 0 Å². The molecule has 88 valence electrons. The molecule has 0 aromatic heterocycles. The van der Waals surface area contributed by atoms with Crippen LogP contribution in [0, 0.1) is 18.7 Å². The SMILES string of the molecule is Cc1cc(F)cc2c1CCNC2CC(C)C. The summed E-state index contributed by atoms with van der Waals surface area (Å²) >= 11 is 0. The number of benzene rings is 1. The molecule has 1 aliphatic rings. The zero-order valence-electron chi connectivity index (χ0n) is 10.3. The summed E-state index contributed by atoms with van der Waals surface area (Å²) in [6.07, 6.45) is 2.10. The van der Waals surface area contributed by atoms with Crippen LogP contribution in [-0.2, 0) is 6.42 Å². The monoisotopic (exact) mass is 221 g/mol. The molecule has 0 saturated heterocycles. The van der Waals surface area contributed by atoms with E-state index in [2.05, 4.69) is 19.2 Å². The average Bonchev–Trinajstić information content (AvgIpc) is 2.18. The number of nitrogens with one attached hydrogen (secondary N) is 1. The van der Waals surface area contributed by atoms with Crippen molar-refractivity contribution >= 4 is 0 Å². The fraction of sp³-hybridized carbons (Fsp3) is 0.571. The summed E-state index contributed by atoms with van der Waals surface area (Å²) in [6.45, 7) is 7.45. The third-order valence-electron chi connectivity index (χ3n) is 3.32. The summed E-state index contributed by atoms with van der Waals surface area (Å²) in [6, 6.07) is 3.69. The minimum Gasteiger partial charge on any atom is -0.310 e. The van der Waals surface area contributed by atoms with Crippen molar-refractivity contribution in [1.29, 1.82) is 0 Å². The van der Waals surface area contributed by atoms with Gasteiger partial charge in [0, 0.05) is 6.04 Å². The molecule has 0 saturated carbocycles. The summed E-state index contributed by atoms with van der Waals surface area (Å²) in [4.78, 5) is 0. The molecule has 0 aliphatic carbocycles. The zero-order valence-corrected chi connectivity index (χ0v) is 10.3. The Morgan fingerprint density at radius 1 is 1.44 bits per heavy atom. The van der Waals surface area contributed by atoms with Gasteiger partial charge in [-0.1, -0.05) is 13.8 Å². The molecule has 1 heterocycles. The van der Waals surface area contributed by atoms with Gasteiger partial charge in [-0.05, 0) is 61.1 Å². The highest BCUT2D eigenvalue weighted by Gasteiger charge is 2.22. The topological polar surface area (TPSA) is 12.0 Å². The molecule has 1 unspecified atom stereocenters. The van der Waals surface area contributed by atoms with Crippen molar-refractivity contribution in [3.8, 4) is 0 Å². The number of aryl methyl sites for hydroxylation is 1. The van der Waals surface area contributed by atoms with Crippen molar-refractivity contribution in [2.75, 3.05) is 6.54 Å². The van der Waals surface area contributed by atoms with Gasteiger partial charge in [-0.15, -0.1) is 0 Å². The Hall–Kier alpha value is -0.890. The maximum absolute atomic E-state index is 13.4. The molecule has 1 aliphatic heterocycles. The molecule has 1 nitrogen and oxygen atoms in total. The maximum atomic E-state index is 13.4. The Balaban J connectivity index is 2.37. The third-order valence-corrected chi connectivity index (χ3v) is 3.32. The van der Waals surface area contributed by atoms with E-state index in [1.807, 2.05) is 6.92 Å². The van der Waals surface area contributed by atoms with Crippen LogP contribution in [0.25, 0.3) is 0 Å². The van der Waals surface area contributed by atoms with E-state index in [0.29, 0.717) is 12.0 Å². The van der Waals surface area contributed by atoms with Crippen LogP contribution >= 0.6 is 0 Å². The zero-order chi connectivity index (χ0) is 11.7. The van der Waals surface area contributed by atoms with Gasteiger partial charge < -0.3 is 5.32 Å². The van der Waals surface area contributed by atoms with Crippen LogP contribution in [0.3, 0.4) is 0 Å². The molecular formula is C14H20FN. The number of hydrogen-bond donors (Lipinski definition) is 1. The molecule has 2 heteroatoms. The lowest BCUT2D eigenvalue weighted by atomic mass is 9.87. The van der Waals surface area contributed by atoms with E-state index in [-0.39, 0.29) is 5.82 Å². The Bertz CT molecular complexity index is 385. The molecule has 0 spiro atoms. The van der Waals surface area contributed by atoms with E-state index < -0.39 is 0 Å². The lowest BCUT2D eigenvalue weighted by Gasteiger charge is -2.29. The highest BCUT2D eigenvalue weighted by molar-refractivity contribution is 5.39. The molecule has 0 radical (unpaired) electrons. The minimum atomic E-state index is -0.103. The molecule has 1 N–H and O–H groups in total. The molecule has 1 aromatic carbocycles. The lowest BCUT2D eigenvalue weighted by molar-refractivity contribution is 0.412. The van der Waals surface area contributed by atoms with E-state index in [4.69, 9.17) is 0 Å². The first kappa shape index (κ1) is 11.6. The summed E-state index contributed by atoms with van der Waals surface area (Å²) < 4.78 is 13.4. The number of fused-ring (bicyclic) bond motifs is 1. The quantitative estimate of drug-likeness (QED) is 0.807. The van der Waals surface area contributed by atoms with Crippen LogP contribution in [0.2, 0.25) is 0 Å².